The quantitative estimate of drug-likeness (QED) is 0.903. The second-order valence-corrected chi connectivity index (χ2v) is 4.92. The monoisotopic (exact) mass is 282 g/mol. The van der Waals surface area contributed by atoms with E-state index >= 15 is 0 Å². The standard InChI is InChI=1S/C14H16F2N2O2/c1-9(19)18-6-2-3-10(8-18)14(20)17-13-5-4-11(15)7-12(13)16/h4-5,7,10H,2-3,6,8H2,1H3,(H,17,20). The molecule has 1 aliphatic heterocycles. The van der Waals surface area contributed by atoms with E-state index in [1.807, 2.05) is 0 Å². The van der Waals surface area contributed by atoms with Gasteiger partial charge in [-0.15, -0.1) is 0 Å². The number of rotatable bonds is 2. The van der Waals surface area contributed by atoms with Crippen LogP contribution in [-0.2, 0) is 9.59 Å². The topological polar surface area (TPSA) is 49.4 Å². The molecule has 0 saturated carbocycles. The fourth-order valence-corrected chi connectivity index (χ4v) is 2.30. The first-order valence-electron chi connectivity index (χ1n) is 6.49. The number of nitrogens with zero attached hydrogens (tertiary/aromatic N) is 1. The van der Waals surface area contributed by atoms with Crippen LogP contribution in [0.15, 0.2) is 18.2 Å². The van der Waals surface area contributed by atoms with Gasteiger partial charge in [-0.2, -0.15) is 0 Å². The van der Waals surface area contributed by atoms with Crippen molar-refractivity contribution in [1.29, 1.82) is 0 Å². The molecule has 4 nitrogen and oxygen atoms in total. The number of piperidine rings is 1. The van der Waals surface area contributed by atoms with E-state index in [9.17, 15) is 18.4 Å². The predicted octanol–water partition coefficient (Wildman–Crippen LogP) is 2.16. The van der Waals surface area contributed by atoms with Crippen molar-refractivity contribution in [3.05, 3.63) is 29.8 Å². The zero-order valence-corrected chi connectivity index (χ0v) is 11.2. The van der Waals surface area contributed by atoms with Crippen LogP contribution in [-0.4, -0.2) is 29.8 Å². The molecule has 2 rings (SSSR count). The Bertz CT molecular complexity index is 534. The Morgan fingerprint density at radius 2 is 2.10 bits per heavy atom. The summed E-state index contributed by atoms with van der Waals surface area (Å²) in [6.45, 7) is 2.44. The molecule has 2 amide bonds. The maximum absolute atomic E-state index is 13.5. The Balaban J connectivity index is 2.02. The van der Waals surface area contributed by atoms with Crippen molar-refractivity contribution in [3.8, 4) is 0 Å². The van der Waals surface area contributed by atoms with Gasteiger partial charge in [0, 0.05) is 26.1 Å². The highest BCUT2D eigenvalue weighted by molar-refractivity contribution is 5.93. The van der Waals surface area contributed by atoms with Gasteiger partial charge in [-0.05, 0) is 25.0 Å². The first-order chi connectivity index (χ1) is 9.47. The molecule has 0 spiro atoms. The van der Waals surface area contributed by atoms with E-state index < -0.39 is 11.6 Å². The third-order valence-electron chi connectivity index (χ3n) is 3.43. The van der Waals surface area contributed by atoms with Gasteiger partial charge < -0.3 is 10.2 Å². The van der Waals surface area contributed by atoms with E-state index in [4.69, 9.17) is 0 Å². The van der Waals surface area contributed by atoms with Gasteiger partial charge in [-0.3, -0.25) is 9.59 Å². The second kappa shape index (κ2) is 5.98. The normalized spacial score (nSPS) is 18.8. The summed E-state index contributed by atoms with van der Waals surface area (Å²) in [4.78, 5) is 25.0. The number of anilines is 1. The molecule has 6 heteroatoms. The van der Waals surface area contributed by atoms with Crippen LogP contribution in [0, 0.1) is 17.6 Å². The lowest BCUT2D eigenvalue weighted by atomic mass is 9.97. The molecule has 0 bridgehead atoms. The van der Waals surface area contributed by atoms with Crippen LogP contribution in [0.5, 0.6) is 0 Å². The summed E-state index contributed by atoms with van der Waals surface area (Å²) >= 11 is 0. The zero-order valence-electron chi connectivity index (χ0n) is 11.2. The second-order valence-electron chi connectivity index (χ2n) is 4.92. The minimum absolute atomic E-state index is 0.0450. The highest BCUT2D eigenvalue weighted by Gasteiger charge is 2.27. The molecule has 1 aromatic carbocycles. The number of amides is 2. The third kappa shape index (κ3) is 3.31. The van der Waals surface area contributed by atoms with Crippen LogP contribution < -0.4 is 5.32 Å². The van der Waals surface area contributed by atoms with E-state index in [-0.39, 0.29) is 23.4 Å². The fraction of sp³-hybridized carbons (Fsp3) is 0.429. The number of carbonyl (C=O) groups is 2. The van der Waals surface area contributed by atoms with Gasteiger partial charge in [0.25, 0.3) is 0 Å². The molecule has 1 heterocycles. The number of hydrogen-bond donors (Lipinski definition) is 1. The molecule has 0 aliphatic carbocycles. The zero-order chi connectivity index (χ0) is 14.7. The maximum atomic E-state index is 13.5. The third-order valence-corrected chi connectivity index (χ3v) is 3.43. The van der Waals surface area contributed by atoms with Gasteiger partial charge in [-0.25, -0.2) is 8.78 Å². The highest BCUT2D eigenvalue weighted by Crippen LogP contribution is 2.20. The molecule has 0 aromatic heterocycles. The molecule has 0 radical (unpaired) electrons. The molecule has 1 atom stereocenters. The van der Waals surface area contributed by atoms with E-state index in [0.29, 0.717) is 19.5 Å². The van der Waals surface area contributed by atoms with Crippen molar-refractivity contribution >= 4 is 17.5 Å². The minimum Gasteiger partial charge on any atom is -0.342 e. The van der Waals surface area contributed by atoms with E-state index in [1.54, 1.807) is 4.90 Å². The summed E-state index contributed by atoms with van der Waals surface area (Å²) in [6.07, 6.45) is 1.39. The number of likely N-dealkylation sites (tertiary alicyclic amines) is 1. The molecule has 1 aromatic rings. The molecule has 1 saturated heterocycles. The van der Waals surface area contributed by atoms with Gasteiger partial charge in [0.2, 0.25) is 11.8 Å². The molecule has 1 fully saturated rings. The van der Waals surface area contributed by atoms with E-state index in [1.165, 1.54) is 13.0 Å². The smallest absolute Gasteiger partial charge is 0.229 e. The van der Waals surface area contributed by atoms with Crippen molar-refractivity contribution in [2.75, 3.05) is 18.4 Å². The Labute approximate surface area is 115 Å². The van der Waals surface area contributed by atoms with Crippen LogP contribution >= 0.6 is 0 Å². The van der Waals surface area contributed by atoms with Crippen LogP contribution in [0.1, 0.15) is 19.8 Å². The summed E-state index contributed by atoms with van der Waals surface area (Å²) in [7, 11) is 0. The summed E-state index contributed by atoms with van der Waals surface area (Å²) < 4.78 is 26.2. The number of halogens is 2. The molecule has 20 heavy (non-hydrogen) atoms. The summed E-state index contributed by atoms with van der Waals surface area (Å²) in [6, 6.07) is 2.99. The average Bonchev–Trinajstić information content (AvgIpc) is 2.42. The van der Waals surface area contributed by atoms with Gasteiger partial charge in [0.1, 0.15) is 11.6 Å². The first kappa shape index (κ1) is 14.4. The summed E-state index contributed by atoms with van der Waals surface area (Å²) in [5.74, 6) is -2.28. The lowest BCUT2D eigenvalue weighted by Crippen LogP contribution is -2.42. The van der Waals surface area contributed by atoms with Gasteiger partial charge >= 0.3 is 0 Å². The molecule has 1 N–H and O–H groups in total. The Morgan fingerprint density at radius 3 is 2.75 bits per heavy atom. The predicted molar refractivity (Wildman–Crippen MR) is 70.0 cm³/mol. The van der Waals surface area contributed by atoms with Crippen LogP contribution in [0.4, 0.5) is 14.5 Å². The number of hydrogen-bond acceptors (Lipinski definition) is 2. The summed E-state index contributed by atoms with van der Waals surface area (Å²) in [5, 5.41) is 2.45. The maximum Gasteiger partial charge on any atom is 0.229 e. The van der Waals surface area contributed by atoms with Crippen molar-refractivity contribution in [2.24, 2.45) is 5.92 Å². The van der Waals surface area contributed by atoms with E-state index in [0.717, 1.165) is 18.6 Å². The van der Waals surface area contributed by atoms with Crippen LogP contribution in [0.2, 0.25) is 0 Å². The number of benzene rings is 1. The molecular formula is C14H16F2N2O2. The molecule has 1 aliphatic rings. The fourth-order valence-electron chi connectivity index (χ4n) is 2.30. The Kier molecular flexibility index (Phi) is 4.32. The van der Waals surface area contributed by atoms with E-state index in [2.05, 4.69) is 5.32 Å². The summed E-state index contributed by atoms with van der Waals surface area (Å²) in [5.41, 5.74) is -0.0450. The largest absolute Gasteiger partial charge is 0.342 e. The van der Waals surface area contributed by atoms with Crippen molar-refractivity contribution < 1.29 is 18.4 Å². The Morgan fingerprint density at radius 1 is 1.35 bits per heavy atom. The minimum atomic E-state index is -0.808. The van der Waals surface area contributed by atoms with Gasteiger partial charge in [0.15, 0.2) is 0 Å². The lowest BCUT2D eigenvalue weighted by molar-refractivity contribution is -0.132. The van der Waals surface area contributed by atoms with Crippen molar-refractivity contribution in [3.63, 3.8) is 0 Å². The number of nitrogens with one attached hydrogen (secondary N) is 1. The lowest BCUT2D eigenvalue weighted by Gasteiger charge is -2.31. The molecular weight excluding hydrogens is 266 g/mol. The van der Waals surface area contributed by atoms with Crippen molar-refractivity contribution in [1.82, 2.24) is 4.90 Å². The highest BCUT2D eigenvalue weighted by atomic mass is 19.1. The average molecular weight is 282 g/mol. The Hall–Kier alpha value is -1.98. The SMILES string of the molecule is CC(=O)N1CCCC(C(=O)Nc2ccc(F)cc2F)C1. The first-order valence-corrected chi connectivity index (χ1v) is 6.49. The van der Waals surface area contributed by atoms with Gasteiger partial charge in [-0.1, -0.05) is 0 Å². The van der Waals surface area contributed by atoms with Crippen LogP contribution in [0.25, 0.3) is 0 Å². The molecule has 1 unspecified atom stereocenters. The van der Waals surface area contributed by atoms with Crippen molar-refractivity contribution in [2.45, 2.75) is 19.8 Å². The van der Waals surface area contributed by atoms with Crippen LogP contribution in [0.3, 0.4) is 0 Å². The number of carbonyl (C=O) groups excluding carboxylic acids is 2. The molecule has 108 valence electrons. The van der Waals surface area contributed by atoms with Gasteiger partial charge in [0.05, 0.1) is 11.6 Å².